The first-order valence-corrected chi connectivity index (χ1v) is 5.79. The molecule has 1 aliphatic rings. The number of nitrogens with two attached hydrogens (primary N) is 1. The third-order valence-electron chi connectivity index (χ3n) is 3.13. The van der Waals surface area contributed by atoms with Crippen molar-refractivity contribution in [3.63, 3.8) is 0 Å². The first kappa shape index (κ1) is 11.2. The normalized spacial score (nSPS) is 21.1. The Balaban J connectivity index is 2.23. The largest absolute Gasteiger partial charge is 0.397 e. The molecule has 4 heteroatoms. The molecule has 1 aliphatic heterocycles. The number of aryl methyl sites for hydroxylation is 1. The smallest absolute Gasteiger partial charge is 0.129 e. The van der Waals surface area contributed by atoms with E-state index in [1.54, 1.807) is 6.20 Å². The van der Waals surface area contributed by atoms with Gasteiger partial charge in [0.2, 0.25) is 0 Å². The van der Waals surface area contributed by atoms with E-state index in [-0.39, 0.29) is 0 Å². The standard InChI is InChI=1S/C12H19N3O/c1-3-10-8-16-5-4-15(10)12-6-9(2)11(13)7-14-12/h6-7,10H,3-5,8,13H2,1-2H3. The molecule has 2 N–H and O–H groups in total. The second-order valence-corrected chi connectivity index (χ2v) is 4.23. The van der Waals surface area contributed by atoms with Gasteiger partial charge in [0.25, 0.3) is 0 Å². The van der Waals surface area contributed by atoms with E-state index < -0.39 is 0 Å². The zero-order valence-electron chi connectivity index (χ0n) is 9.94. The van der Waals surface area contributed by atoms with E-state index in [0.29, 0.717) is 6.04 Å². The van der Waals surface area contributed by atoms with Crippen molar-refractivity contribution in [2.24, 2.45) is 0 Å². The highest BCUT2D eigenvalue weighted by atomic mass is 16.5. The summed E-state index contributed by atoms with van der Waals surface area (Å²) < 4.78 is 5.48. The summed E-state index contributed by atoms with van der Waals surface area (Å²) in [5.74, 6) is 1.02. The summed E-state index contributed by atoms with van der Waals surface area (Å²) in [6.07, 6.45) is 2.82. The minimum atomic E-state index is 0.435. The van der Waals surface area contributed by atoms with Crippen molar-refractivity contribution in [1.82, 2.24) is 4.98 Å². The maximum absolute atomic E-state index is 5.78. The van der Waals surface area contributed by atoms with Crippen LogP contribution in [0.1, 0.15) is 18.9 Å². The lowest BCUT2D eigenvalue weighted by Gasteiger charge is -2.36. The van der Waals surface area contributed by atoms with Gasteiger partial charge < -0.3 is 15.4 Å². The highest BCUT2D eigenvalue weighted by Crippen LogP contribution is 2.22. The van der Waals surface area contributed by atoms with Gasteiger partial charge >= 0.3 is 0 Å². The fourth-order valence-electron chi connectivity index (χ4n) is 2.00. The topological polar surface area (TPSA) is 51.4 Å². The number of rotatable bonds is 2. The maximum atomic E-state index is 5.78. The molecule has 0 saturated carbocycles. The number of pyridine rings is 1. The van der Waals surface area contributed by atoms with Crippen LogP contribution in [0.4, 0.5) is 11.5 Å². The molecule has 0 aromatic carbocycles. The van der Waals surface area contributed by atoms with Gasteiger partial charge in [-0.05, 0) is 25.0 Å². The van der Waals surface area contributed by atoms with Gasteiger partial charge in [-0.1, -0.05) is 6.92 Å². The van der Waals surface area contributed by atoms with Gasteiger partial charge in [-0.2, -0.15) is 0 Å². The van der Waals surface area contributed by atoms with E-state index in [1.165, 1.54) is 0 Å². The van der Waals surface area contributed by atoms with Crippen molar-refractivity contribution in [1.29, 1.82) is 0 Å². The number of morpholine rings is 1. The van der Waals surface area contributed by atoms with Crippen LogP contribution in [0.2, 0.25) is 0 Å². The van der Waals surface area contributed by atoms with Crippen LogP contribution < -0.4 is 10.6 Å². The molecule has 1 atom stereocenters. The SMILES string of the molecule is CCC1COCCN1c1cc(C)c(N)cn1. The van der Waals surface area contributed by atoms with E-state index in [1.807, 2.05) is 6.92 Å². The first-order chi connectivity index (χ1) is 7.72. The fourth-order valence-corrected chi connectivity index (χ4v) is 2.00. The van der Waals surface area contributed by atoms with Crippen LogP contribution in [0.3, 0.4) is 0 Å². The molecular weight excluding hydrogens is 202 g/mol. The van der Waals surface area contributed by atoms with Gasteiger partial charge in [0.1, 0.15) is 5.82 Å². The van der Waals surface area contributed by atoms with Crippen LogP contribution >= 0.6 is 0 Å². The Morgan fingerprint density at radius 1 is 1.62 bits per heavy atom. The summed E-state index contributed by atoms with van der Waals surface area (Å²) in [7, 11) is 0. The Labute approximate surface area is 96.4 Å². The molecule has 1 saturated heterocycles. The molecule has 1 aromatic heterocycles. The molecule has 0 amide bonds. The average molecular weight is 221 g/mol. The van der Waals surface area contributed by atoms with Gasteiger partial charge in [-0.25, -0.2) is 4.98 Å². The zero-order chi connectivity index (χ0) is 11.5. The molecule has 0 aliphatic carbocycles. The van der Waals surface area contributed by atoms with Crippen LogP contribution in [0.15, 0.2) is 12.3 Å². The highest BCUT2D eigenvalue weighted by molar-refractivity contribution is 5.52. The maximum Gasteiger partial charge on any atom is 0.129 e. The highest BCUT2D eigenvalue weighted by Gasteiger charge is 2.22. The number of ether oxygens (including phenoxy) is 1. The number of aromatic nitrogens is 1. The molecule has 2 heterocycles. The Hall–Kier alpha value is -1.29. The number of nitrogens with zero attached hydrogens (tertiary/aromatic N) is 2. The zero-order valence-corrected chi connectivity index (χ0v) is 9.94. The second kappa shape index (κ2) is 4.70. The molecule has 2 rings (SSSR count). The molecule has 1 aromatic rings. The summed E-state index contributed by atoms with van der Waals surface area (Å²) in [6.45, 7) is 6.68. The Bertz CT molecular complexity index is 367. The molecule has 1 fully saturated rings. The molecule has 0 bridgehead atoms. The summed E-state index contributed by atoms with van der Waals surface area (Å²) >= 11 is 0. The van der Waals surface area contributed by atoms with E-state index in [2.05, 4.69) is 22.9 Å². The Kier molecular flexibility index (Phi) is 3.29. The minimum absolute atomic E-state index is 0.435. The van der Waals surface area contributed by atoms with Crippen molar-refractivity contribution < 1.29 is 4.74 Å². The minimum Gasteiger partial charge on any atom is -0.397 e. The van der Waals surface area contributed by atoms with Crippen LogP contribution in [0.25, 0.3) is 0 Å². The fraction of sp³-hybridized carbons (Fsp3) is 0.583. The van der Waals surface area contributed by atoms with Crippen molar-refractivity contribution in [2.75, 3.05) is 30.4 Å². The number of nitrogen functional groups attached to an aromatic ring is 1. The Morgan fingerprint density at radius 3 is 3.12 bits per heavy atom. The van der Waals surface area contributed by atoms with Gasteiger partial charge in [-0.15, -0.1) is 0 Å². The van der Waals surface area contributed by atoms with Gasteiger partial charge in [0.05, 0.1) is 31.1 Å². The predicted molar refractivity (Wildman–Crippen MR) is 65.6 cm³/mol. The molecular formula is C12H19N3O. The lowest BCUT2D eigenvalue weighted by Crippen LogP contribution is -2.45. The van der Waals surface area contributed by atoms with E-state index in [9.17, 15) is 0 Å². The molecule has 0 radical (unpaired) electrons. The lowest BCUT2D eigenvalue weighted by atomic mass is 10.1. The summed E-state index contributed by atoms with van der Waals surface area (Å²) in [5.41, 5.74) is 7.62. The molecule has 88 valence electrons. The summed E-state index contributed by atoms with van der Waals surface area (Å²) in [6, 6.07) is 2.49. The molecule has 16 heavy (non-hydrogen) atoms. The van der Waals surface area contributed by atoms with Gasteiger partial charge in [0, 0.05) is 6.54 Å². The molecule has 1 unspecified atom stereocenters. The molecule has 4 nitrogen and oxygen atoms in total. The second-order valence-electron chi connectivity index (χ2n) is 4.23. The van der Waals surface area contributed by atoms with E-state index >= 15 is 0 Å². The quantitative estimate of drug-likeness (QED) is 0.824. The first-order valence-electron chi connectivity index (χ1n) is 5.79. The number of hydrogen-bond acceptors (Lipinski definition) is 4. The average Bonchev–Trinajstić information content (AvgIpc) is 2.32. The number of hydrogen-bond donors (Lipinski definition) is 1. The van der Waals surface area contributed by atoms with Crippen molar-refractivity contribution in [2.45, 2.75) is 26.3 Å². The summed E-state index contributed by atoms with van der Waals surface area (Å²) in [4.78, 5) is 6.72. The van der Waals surface area contributed by atoms with Crippen molar-refractivity contribution in [3.05, 3.63) is 17.8 Å². The van der Waals surface area contributed by atoms with Crippen LogP contribution in [0.5, 0.6) is 0 Å². The Morgan fingerprint density at radius 2 is 2.44 bits per heavy atom. The third-order valence-corrected chi connectivity index (χ3v) is 3.13. The lowest BCUT2D eigenvalue weighted by molar-refractivity contribution is 0.0925. The van der Waals surface area contributed by atoms with E-state index in [4.69, 9.17) is 10.5 Å². The van der Waals surface area contributed by atoms with E-state index in [0.717, 1.165) is 43.2 Å². The number of anilines is 2. The van der Waals surface area contributed by atoms with Gasteiger partial charge in [0.15, 0.2) is 0 Å². The van der Waals surface area contributed by atoms with Crippen LogP contribution in [-0.2, 0) is 4.74 Å². The van der Waals surface area contributed by atoms with Gasteiger partial charge in [-0.3, -0.25) is 0 Å². The molecule has 0 spiro atoms. The predicted octanol–water partition coefficient (Wildman–Crippen LogP) is 1.59. The van der Waals surface area contributed by atoms with Crippen molar-refractivity contribution >= 4 is 11.5 Å². The summed E-state index contributed by atoms with van der Waals surface area (Å²) in [5, 5.41) is 0. The van der Waals surface area contributed by atoms with Crippen molar-refractivity contribution in [3.8, 4) is 0 Å². The third kappa shape index (κ3) is 2.11. The van der Waals surface area contributed by atoms with Crippen LogP contribution in [0, 0.1) is 6.92 Å². The van der Waals surface area contributed by atoms with Crippen LogP contribution in [-0.4, -0.2) is 30.8 Å². The monoisotopic (exact) mass is 221 g/mol.